The molecule has 0 saturated carbocycles. The van der Waals surface area contributed by atoms with Crippen molar-refractivity contribution in [1.29, 1.82) is 0 Å². The van der Waals surface area contributed by atoms with Crippen molar-refractivity contribution in [2.24, 2.45) is 0 Å². The second kappa shape index (κ2) is 3.81. The molecule has 0 amide bonds. The molecule has 2 aliphatic heterocycles. The van der Waals surface area contributed by atoms with Gasteiger partial charge in [-0.3, -0.25) is 4.90 Å². The van der Waals surface area contributed by atoms with Crippen molar-refractivity contribution in [1.82, 2.24) is 4.90 Å². The molecule has 2 fully saturated rings. The zero-order chi connectivity index (χ0) is 8.55. The maximum Gasteiger partial charge on any atom is 0.0178 e. The summed E-state index contributed by atoms with van der Waals surface area (Å²) < 4.78 is 0. The van der Waals surface area contributed by atoms with Crippen molar-refractivity contribution in [3.63, 3.8) is 0 Å². The first-order valence-electron chi connectivity index (χ1n) is 4.91. The van der Waals surface area contributed by atoms with Crippen LogP contribution in [-0.4, -0.2) is 28.8 Å². The molecule has 0 aliphatic carbocycles. The first-order chi connectivity index (χ1) is 5.85. The van der Waals surface area contributed by atoms with Gasteiger partial charge in [0.25, 0.3) is 0 Å². The van der Waals surface area contributed by atoms with Gasteiger partial charge in [0.15, 0.2) is 0 Å². The monoisotopic (exact) mass is 203 g/mol. The molecular weight excluding hydrogens is 186 g/mol. The van der Waals surface area contributed by atoms with Crippen LogP contribution in [0.1, 0.15) is 32.6 Å². The van der Waals surface area contributed by atoms with Crippen LogP contribution >= 0.6 is 22.5 Å². The van der Waals surface area contributed by atoms with Crippen LogP contribution in [0.4, 0.5) is 0 Å². The predicted molar refractivity (Wildman–Crippen MR) is 58.8 cm³/mol. The lowest BCUT2D eigenvalue weighted by molar-refractivity contribution is 0.153. The van der Waals surface area contributed by atoms with Crippen LogP contribution in [0, 0.1) is 0 Å². The Hall–Kier alpha value is 0.660. The quantitative estimate of drug-likeness (QED) is 0.543. The molecule has 0 aromatic heterocycles. The van der Waals surface area contributed by atoms with E-state index in [1.54, 1.807) is 10.8 Å². The molecule has 0 radical (unpaired) electrons. The lowest BCUT2D eigenvalue weighted by Crippen LogP contribution is -2.43. The number of rotatable bonds is 2. The van der Waals surface area contributed by atoms with E-state index in [4.69, 9.17) is 0 Å². The van der Waals surface area contributed by atoms with Gasteiger partial charge in [0.1, 0.15) is 0 Å². The van der Waals surface area contributed by atoms with Gasteiger partial charge in [-0.2, -0.15) is 0 Å². The van der Waals surface area contributed by atoms with Crippen LogP contribution in [0.2, 0.25) is 0 Å². The lowest BCUT2D eigenvalue weighted by atomic mass is 10.0. The van der Waals surface area contributed by atoms with Crippen LogP contribution in [0.3, 0.4) is 0 Å². The molecule has 0 aromatic carbocycles. The van der Waals surface area contributed by atoms with Gasteiger partial charge in [-0.05, 0) is 32.2 Å². The SMILES string of the molecule is CCN1C2CCC1CC(SS)C2. The van der Waals surface area contributed by atoms with Crippen LogP contribution < -0.4 is 0 Å². The summed E-state index contributed by atoms with van der Waals surface area (Å²) >= 11 is 4.33. The van der Waals surface area contributed by atoms with Crippen molar-refractivity contribution in [3.8, 4) is 0 Å². The van der Waals surface area contributed by atoms with E-state index in [0.717, 1.165) is 17.3 Å². The van der Waals surface area contributed by atoms with Gasteiger partial charge < -0.3 is 0 Å². The fourth-order valence-electron chi connectivity index (χ4n) is 2.83. The highest BCUT2D eigenvalue weighted by atomic mass is 33.1. The molecule has 70 valence electrons. The highest BCUT2D eigenvalue weighted by molar-refractivity contribution is 8.68. The van der Waals surface area contributed by atoms with Crippen molar-refractivity contribution >= 4 is 22.5 Å². The third-order valence-electron chi connectivity index (χ3n) is 3.36. The summed E-state index contributed by atoms with van der Waals surface area (Å²) in [5, 5.41) is 0.827. The van der Waals surface area contributed by atoms with E-state index in [1.165, 1.54) is 32.2 Å². The third kappa shape index (κ3) is 1.51. The number of piperidine rings is 1. The highest BCUT2D eigenvalue weighted by Gasteiger charge is 2.39. The highest BCUT2D eigenvalue weighted by Crippen LogP contribution is 2.40. The molecule has 2 heterocycles. The van der Waals surface area contributed by atoms with Crippen LogP contribution in [0.25, 0.3) is 0 Å². The van der Waals surface area contributed by atoms with Gasteiger partial charge in [0.05, 0.1) is 0 Å². The largest absolute Gasteiger partial charge is 0.298 e. The number of thiol groups is 1. The summed E-state index contributed by atoms with van der Waals surface area (Å²) in [6.07, 6.45) is 5.61. The Morgan fingerprint density at radius 1 is 1.33 bits per heavy atom. The maximum atomic E-state index is 4.33. The summed E-state index contributed by atoms with van der Waals surface area (Å²) in [5.74, 6) is 0. The van der Waals surface area contributed by atoms with E-state index in [2.05, 4.69) is 23.5 Å². The van der Waals surface area contributed by atoms with Gasteiger partial charge in [0, 0.05) is 17.3 Å². The third-order valence-corrected chi connectivity index (χ3v) is 4.93. The van der Waals surface area contributed by atoms with Gasteiger partial charge in [0.2, 0.25) is 0 Å². The van der Waals surface area contributed by atoms with Gasteiger partial charge in [-0.25, -0.2) is 0 Å². The zero-order valence-electron chi connectivity index (χ0n) is 7.57. The van der Waals surface area contributed by atoms with Gasteiger partial charge >= 0.3 is 0 Å². The first kappa shape index (κ1) is 9.22. The van der Waals surface area contributed by atoms with Crippen LogP contribution in [0.5, 0.6) is 0 Å². The fraction of sp³-hybridized carbons (Fsp3) is 1.00. The van der Waals surface area contributed by atoms with Crippen LogP contribution in [0.15, 0.2) is 0 Å². The minimum absolute atomic E-state index is 0.827. The summed E-state index contributed by atoms with van der Waals surface area (Å²) in [7, 11) is 1.77. The summed E-state index contributed by atoms with van der Waals surface area (Å²) in [5.41, 5.74) is 0. The Morgan fingerprint density at radius 2 is 1.92 bits per heavy atom. The summed E-state index contributed by atoms with van der Waals surface area (Å²) in [4.78, 5) is 2.69. The fourth-order valence-corrected chi connectivity index (χ4v) is 3.96. The zero-order valence-corrected chi connectivity index (χ0v) is 9.28. The maximum absolute atomic E-state index is 4.33. The Bertz CT molecular complexity index is 149. The standard InChI is InChI=1S/C9H17NS2/c1-2-10-7-3-4-8(10)6-9(5-7)12-11/h7-9,11H,2-6H2,1H3. The van der Waals surface area contributed by atoms with Crippen LogP contribution in [-0.2, 0) is 0 Å². The second-order valence-electron chi connectivity index (χ2n) is 3.91. The first-order valence-corrected chi connectivity index (χ1v) is 6.84. The smallest absolute Gasteiger partial charge is 0.0178 e. The van der Waals surface area contributed by atoms with E-state index in [-0.39, 0.29) is 0 Å². The van der Waals surface area contributed by atoms with E-state index >= 15 is 0 Å². The molecule has 12 heavy (non-hydrogen) atoms. The Balaban J connectivity index is 2.01. The number of fused-ring (bicyclic) bond motifs is 2. The number of hydrogen-bond donors (Lipinski definition) is 1. The lowest BCUT2D eigenvalue weighted by Gasteiger charge is -2.37. The molecule has 2 unspecified atom stereocenters. The molecular formula is C9H17NS2. The second-order valence-corrected chi connectivity index (χ2v) is 5.42. The normalized spacial score (nSPS) is 42.0. The Kier molecular flexibility index (Phi) is 2.93. The topological polar surface area (TPSA) is 3.24 Å². The molecule has 3 heteroatoms. The molecule has 2 rings (SSSR count). The molecule has 0 spiro atoms. The molecule has 2 aliphatic rings. The molecule has 2 bridgehead atoms. The van der Waals surface area contributed by atoms with E-state index < -0.39 is 0 Å². The van der Waals surface area contributed by atoms with Crippen molar-refractivity contribution in [2.45, 2.75) is 49.9 Å². The molecule has 0 N–H and O–H groups in total. The molecule has 2 saturated heterocycles. The average molecular weight is 203 g/mol. The van der Waals surface area contributed by atoms with E-state index in [9.17, 15) is 0 Å². The Morgan fingerprint density at radius 3 is 2.33 bits per heavy atom. The van der Waals surface area contributed by atoms with E-state index in [1.807, 2.05) is 0 Å². The minimum Gasteiger partial charge on any atom is -0.298 e. The molecule has 0 aromatic rings. The average Bonchev–Trinajstić information content (AvgIpc) is 2.35. The van der Waals surface area contributed by atoms with Crippen molar-refractivity contribution in [3.05, 3.63) is 0 Å². The predicted octanol–water partition coefficient (Wildman–Crippen LogP) is 2.58. The summed E-state index contributed by atoms with van der Waals surface area (Å²) in [6.45, 7) is 3.54. The van der Waals surface area contributed by atoms with Crippen molar-refractivity contribution in [2.75, 3.05) is 6.54 Å². The van der Waals surface area contributed by atoms with E-state index in [0.29, 0.717) is 0 Å². The number of hydrogen-bond acceptors (Lipinski definition) is 3. The summed E-state index contributed by atoms with van der Waals surface area (Å²) in [6, 6.07) is 1.77. The molecule has 2 atom stereocenters. The number of nitrogens with zero attached hydrogens (tertiary/aromatic N) is 1. The van der Waals surface area contributed by atoms with Gasteiger partial charge in [-0.15, -0.1) is 11.7 Å². The van der Waals surface area contributed by atoms with Gasteiger partial charge in [-0.1, -0.05) is 17.7 Å². The minimum atomic E-state index is 0.827. The molecule has 1 nitrogen and oxygen atoms in total. The Labute approximate surface area is 84.1 Å². The van der Waals surface area contributed by atoms with Crippen molar-refractivity contribution < 1.29 is 0 Å².